The first kappa shape index (κ1) is 13.7. The first-order valence-electron chi connectivity index (χ1n) is 5.74. The molecule has 0 spiro atoms. The molecule has 0 radical (unpaired) electrons. The molecular formula is C12H16BClFNO2. The van der Waals surface area contributed by atoms with E-state index in [0.29, 0.717) is 11.2 Å². The Hall–Kier alpha value is -0.775. The van der Waals surface area contributed by atoms with Gasteiger partial charge < -0.3 is 15.0 Å². The molecule has 1 aliphatic rings. The summed E-state index contributed by atoms with van der Waals surface area (Å²) in [5, 5.41) is -0.00670. The van der Waals surface area contributed by atoms with Gasteiger partial charge in [0.2, 0.25) is 0 Å². The van der Waals surface area contributed by atoms with Crippen molar-refractivity contribution in [2.45, 2.75) is 38.9 Å². The smallest absolute Gasteiger partial charge is 0.399 e. The Morgan fingerprint density at radius 2 is 1.67 bits per heavy atom. The van der Waals surface area contributed by atoms with Crippen molar-refractivity contribution in [2.24, 2.45) is 0 Å². The minimum Gasteiger partial charge on any atom is -0.399 e. The van der Waals surface area contributed by atoms with Crippen LogP contribution in [0.4, 0.5) is 10.1 Å². The maximum absolute atomic E-state index is 13.5. The molecule has 0 saturated carbocycles. The zero-order valence-electron chi connectivity index (χ0n) is 10.9. The minimum absolute atomic E-state index is 0.00670. The average Bonchev–Trinajstić information content (AvgIpc) is 2.42. The predicted octanol–water partition coefficient (Wildman–Crippen LogP) is 2.36. The van der Waals surface area contributed by atoms with Gasteiger partial charge in [-0.25, -0.2) is 4.39 Å². The van der Waals surface area contributed by atoms with Crippen molar-refractivity contribution >= 4 is 29.9 Å². The van der Waals surface area contributed by atoms with Crippen LogP contribution in [0.3, 0.4) is 0 Å². The van der Waals surface area contributed by atoms with Crippen molar-refractivity contribution in [3.8, 4) is 0 Å². The van der Waals surface area contributed by atoms with E-state index in [1.807, 2.05) is 27.7 Å². The molecule has 0 bridgehead atoms. The van der Waals surface area contributed by atoms with Gasteiger partial charge in [0, 0.05) is 11.2 Å². The Morgan fingerprint density at radius 3 is 2.17 bits per heavy atom. The van der Waals surface area contributed by atoms with Gasteiger partial charge >= 0.3 is 7.12 Å². The van der Waals surface area contributed by atoms with Crippen LogP contribution in [-0.4, -0.2) is 18.3 Å². The summed E-state index contributed by atoms with van der Waals surface area (Å²) >= 11 is 5.67. The van der Waals surface area contributed by atoms with Gasteiger partial charge in [0.25, 0.3) is 0 Å². The zero-order valence-corrected chi connectivity index (χ0v) is 11.6. The molecule has 1 fully saturated rings. The number of halogens is 2. The van der Waals surface area contributed by atoms with E-state index in [0.717, 1.165) is 0 Å². The molecule has 1 saturated heterocycles. The van der Waals surface area contributed by atoms with E-state index in [1.165, 1.54) is 12.1 Å². The van der Waals surface area contributed by atoms with Gasteiger partial charge in [-0.1, -0.05) is 11.6 Å². The van der Waals surface area contributed by atoms with Gasteiger partial charge in [-0.05, 0) is 39.8 Å². The highest BCUT2D eigenvalue weighted by Gasteiger charge is 2.52. The third kappa shape index (κ3) is 2.11. The normalized spacial score (nSPS) is 21.3. The summed E-state index contributed by atoms with van der Waals surface area (Å²) in [5.74, 6) is -0.532. The molecule has 3 nitrogen and oxygen atoms in total. The number of anilines is 1. The van der Waals surface area contributed by atoms with E-state index in [-0.39, 0.29) is 5.02 Å². The summed E-state index contributed by atoms with van der Waals surface area (Å²) in [4.78, 5) is 0. The number of rotatable bonds is 1. The minimum atomic E-state index is -0.679. The molecule has 18 heavy (non-hydrogen) atoms. The van der Waals surface area contributed by atoms with Crippen molar-refractivity contribution in [3.05, 3.63) is 23.0 Å². The molecule has 1 aromatic rings. The van der Waals surface area contributed by atoms with Crippen molar-refractivity contribution < 1.29 is 13.7 Å². The van der Waals surface area contributed by atoms with Crippen LogP contribution in [0.25, 0.3) is 0 Å². The summed E-state index contributed by atoms with van der Waals surface area (Å²) < 4.78 is 25.1. The Kier molecular flexibility index (Phi) is 3.12. The van der Waals surface area contributed by atoms with Crippen LogP contribution in [0.5, 0.6) is 0 Å². The lowest BCUT2D eigenvalue weighted by Crippen LogP contribution is -2.41. The Balaban J connectivity index is 2.38. The summed E-state index contributed by atoms with van der Waals surface area (Å²) in [6.45, 7) is 7.70. The van der Waals surface area contributed by atoms with Crippen LogP contribution in [-0.2, 0) is 9.31 Å². The lowest BCUT2D eigenvalue weighted by Gasteiger charge is -2.32. The van der Waals surface area contributed by atoms with Crippen molar-refractivity contribution in [3.63, 3.8) is 0 Å². The molecule has 98 valence electrons. The van der Waals surface area contributed by atoms with Crippen LogP contribution in [0.1, 0.15) is 27.7 Å². The highest BCUT2D eigenvalue weighted by molar-refractivity contribution is 6.64. The lowest BCUT2D eigenvalue weighted by atomic mass is 9.78. The molecule has 1 aliphatic heterocycles. The van der Waals surface area contributed by atoms with Crippen molar-refractivity contribution in [1.82, 2.24) is 0 Å². The molecule has 0 amide bonds. The van der Waals surface area contributed by atoms with Crippen LogP contribution >= 0.6 is 11.6 Å². The highest BCUT2D eigenvalue weighted by atomic mass is 35.5. The van der Waals surface area contributed by atoms with E-state index < -0.39 is 24.1 Å². The largest absolute Gasteiger partial charge is 0.497 e. The van der Waals surface area contributed by atoms with Gasteiger partial charge in [0.1, 0.15) is 5.82 Å². The van der Waals surface area contributed by atoms with Gasteiger partial charge in [-0.15, -0.1) is 0 Å². The second-order valence-electron chi connectivity index (χ2n) is 5.48. The SMILES string of the molecule is CC1(C)OB(c2cc(F)c(Cl)cc2N)OC1(C)C. The summed E-state index contributed by atoms with van der Waals surface area (Å²) in [6.07, 6.45) is 0. The average molecular weight is 272 g/mol. The number of hydrogen-bond donors (Lipinski definition) is 1. The molecule has 0 unspecified atom stereocenters. The monoisotopic (exact) mass is 271 g/mol. The first-order chi connectivity index (χ1) is 8.14. The number of benzene rings is 1. The standard InChI is InChI=1S/C12H16BClFNO2/c1-11(2)12(3,4)18-13(17-11)7-5-9(15)8(14)6-10(7)16/h5-6H,16H2,1-4H3. The van der Waals surface area contributed by atoms with E-state index in [2.05, 4.69) is 0 Å². The fourth-order valence-corrected chi connectivity index (χ4v) is 1.92. The number of nitrogens with two attached hydrogens (primary N) is 1. The van der Waals surface area contributed by atoms with Crippen LogP contribution in [0.2, 0.25) is 5.02 Å². The van der Waals surface area contributed by atoms with E-state index in [9.17, 15) is 4.39 Å². The van der Waals surface area contributed by atoms with Gasteiger partial charge in [0.15, 0.2) is 0 Å². The first-order valence-corrected chi connectivity index (χ1v) is 6.12. The molecule has 0 aromatic heterocycles. The van der Waals surface area contributed by atoms with Crippen LogP contribution in [0.15, 0.2) is 12.1 Å². The van der Waals surface area contributed by atoms with E-state index in [1.54, 1.807) is 0 Å². The third-order valence-electron chi connectivity index (χ3n) is 3.63. The molecule has 1 aromatic carbocycles. The number of nitrogen functional groups attached to an aromatic ring is 1. The molecule has 1 heterocycles. The fraction of sp³-hybridized carbons (Fsp3) is 0.500. The van der Waals surface area contributed by atoms with Gasteiger partial charge in [0.05, 0.1) is 16.2 Å². The van der Waals surface area contributed by atoms with Crippen molar-refractivity contribution in [1.29, 1.82) is 0 Å². The second-order valence-corrected chi connectivity index (χ2v) is 5.89. The van der Waals surface area contributed by atoms with Crippen molar-refractivity contribution in [2.75, 3.05) is 5.73 Å². The molecule has 2 rings (SSSR count). The maximum atomic E-state index is 13.5. The van der Waals surface area contributed by atoms with E-state index >= 15 is 0 Å². The summed E-state index contributed by atoms with van der Waals surface area (Å²) in [5.41, 5.74) is 5.69. The van der Waals surface area contributed by atoms with E-state index in [4.69, 9.17) is 26.6 Å². The Labute approximate surface area is 112 Å². The maximum Gasteiger partial charge on any atom is 0.497 e. The zero-order chi connectivity index (χ0) is 13.7. The second kappa shape index (κ2) is 4.12. The molecular weight excluding hydrogens is 255 g/mol. The highest BCUT2D eigenvalue weighted by Crippen LogP contribution is 2.37. The third-order valence-corrected chi connectivity index (χ3v) is 3.92. The Morgan fingerprint density at radius 1 is 1.17 bits per heavy atom. The molecule has 2 N–H and O–H groups in total. The Bertz CT molecular complexity index is 477. The fourth-order valence-electron chi connectivity index (χ4n) is 1.75. The predicted molar refractivity (Wildman–Crippen MR) is 71.5 cm³/mol. The molecule has 0 aliphatic carbocycles. The van der Waals surface area contributed by atoms with Gasteiger partial charge in [-0.2, -0.15) is 0 Å². The molecule has 0 atom stereocenters. The van der Waals surface area contributed by atoms with Crippen LogP contribution < -0.4 is 11.2 Å². The topological polar surface area (TPSA) is 44.5 Å². The number of hydrogen-bond acceptors (Lipinski definition) is 3. The molecule has 6 heteroatoms. The quantitative estimate of drug-likeness (QED) is 0.630. The van der Waals surface area contributed by atoms with Crippen LogP contribution in [0, 0.1) is 5.82 Å². The lowest BCUT2D eigenvalue weighted by molar-refractivity contribution is 0.00578. The summed E-state index contributed by atoms with van der Waals surface area (Å²) in [6, 6.07) is 2.64. The van der Waals surface area contributed by atoms with Gasteiger partial charge in [-0.3, -0.25) is 0 Å². The summed E-state index contributed by atoms with van der Waals surface area (Å²) in [7, 11) is -0.679.